The van der Waals surface area contributed by atoms with Gasteiger partial charge in [-0.2, -0.15) is 5.21 Å². The van der Waals surface area contributed by atoms with Gasteiger partial charge in [-0.05, 0) is 74.7 Å². The fraction of sp³-hybridized carbons (Fsp3) is 0.393. The lowest BCUT2D eigenvalue weighted by Gasteiger charge is -2.25. The molecule has 1 aliphatic carbocycles. The molecule has 4 aromatic rings. The molecule has 39 heavy (non-hydrogen) atoms. The zero-order valence-corrected chi connectivity index (χ0v) is 23.5. The molecule has 0 radical (unpaired) electrons. The third-order valence-corrected chi connectivity index (χ3v) is 7.19. The van der Waals surface area contributed by atoms with Gasteiger partial charge in [0.15, 0.2) is 0 Å². The van der Waals surface area contributed by atoms with Crippen LogP contribution in [0.3, 0.4) is 0 Å². The first-order chi connectivity index (χ1) is 18.6. The number of hydrogen-bond donors (Lipinski definition) is 1. The predicted molar refractivity (Wildman–Crippen MR) is 148 cm³/mol. The third kappa shape index (κ3) is 5.99. The highest BCUT2D eigenvalue weighted by molar-refractivity contribution is 6.31. The number of tetrazole rings is 1. The summed E-state index contributed by atoms with van der Waals surface area (Å²) in [6.07, 6.45) is 5.24. The Hall–Kier alpha value is -3.30. The maximum Gasteiger partial charge on any atom is 0.310 e. The van der Waals surface area contributed by atoms with E-state index in [-0.39, 0.29) is 29.2 Å². The molecular weight excluding hydrogens is 542 g/mol. The Morgan fingerprint density at radius 1 is 1.13 bits per heavy atom. The molecule has 0 aliphatic heterocycles. The van der Waals surface area contributed by atoms with Crippen LogP contribution in [0, 0.1) is 5.82 Å². The van der Waals surface area contributed by atoms with Gasteiger partial charge in [0.2, 0.25) is 5.82 Å². The van der Waals surface area contributed by atoms with Crippen molar-refractivity contribution < 1.29 is 13.9 Å². The van der Waals surface area contributed by atoms with Gasteiger partial charge >= 0.3 is 5.97 Å². The fourth-order valence-corrected chi connectivity index (χ4v) is 5.42. The third-order valence-electron chi connectivity index (χ3n) is 6.67. The van der Waals surface area contributed by atoms with E-state index in [0.29, 0.717) is 33.2 Å². The Morgan fingerprint density at radius 2 is 1.90 bits per heavy atom. The molecule has 5 rings (SSSR count). The predicted octanol–water partition coefficient (Wildman–Crippen LogP) is 7.10. The summed E-state index contributed by atoms with van der Waals surface area (Å²) in [6.45, 7) is 5.49. The number of nitrogens with one attached hydrogen (secondary N) is 1. The number of ether oxygens (including phenoxy) is 1. The average Bonchev–Trinajstić information content (AvgIpc) is 3.54. The van der Waals surface area contributed by atoms with Crippen LogP contribution in [-0.4, -0.2) is 41.7 Å². The summed E-state index contributed by atoms with van der Waals surface area (Å²) in [5.74, 6) is 0.320. The Balaban J connectivity index is 1.78. The molecule has 2 heterocycles. The van der Waals surface area contributed by atoms with Gasteiger partial charge in [0, 0.05) is 16.5 Å². The molecule has 0 saturated heterocycles. The van der Waals surface area contributed by atoms with Crippen LogP contribution < -0.4 is 0 Å². The highest BCUT2D eigenvalue weighted by Gasteiger charge is 2.31. The van der Waals surface area contributed by atoms with Crippen molar-refractivity contribution in [3.05, 3.63) is 63.6 Å². The fourth-order valence-electron chi connectivity index (χ4n) is 5.07. The van der Waals surface area contributed by atoms with Gasteiger partial charge in [0.05, 0.1) is 22.8 Å². The molecule has 1 saturated carbocycles. The average molecular weight is 571 g/mol. The minimum absolute atomic E-state index is 0.0210. The van der Waals surface area contributed by atoms with Crippen LogP contribution in [0.25, 0.3) is 28.5 Å². The molecule has 0 unspecified atom stereocenters. The molecule has 11 heteroatoms. The number of esters is 1. The van der Waals surface area contributed by atoms with Crippen LogP contribution >= 0.6 is 23.2 Å². The minimum Gasteiger partial charge on any atom is -0.460 e. The second-order valence-corrected chi connectivity index (χ2v) is 11.6. The van der Waals surface area contributed by atoms with Crippen molar-refractivity contribution in [3.63, 3.8) is 0 Å². The lowest BCUT2D eigenvalue weighted by Crippen LogP contribution is -2.25. The van der Waals surface area contributed by atoms with Crippen LogP contribution in [0.1, 0.15) is 70.2 Å². The first-order valence-corrected chi connectivity index (χ1v) is 13.7. The number of aromatic amines is 1. The van der Waals surface area contributed by atoms with Crippen LogP contribution in [-0.2, 0) is 16.0 Å². The quantitative estimate of drug-likeness (QED) is 0.248. The van der Waals surface area contributed by atoms with Crippen molar-refractivity contribution in [1.82, 2.24) is 30.2 Å². The molecule has 1 fully saturated rings. The van der Waals surface area contributed by atoms with E-state index >= 15 is 0 Å². The second-order valence-electron chi connectivity index (χ2n) is 10.7. The van der Waals surface area contributed by atoms with E-state index in [1.54, 1.807) is 18.2 Å². The molecule has 2 aromatic heterocycles. The summed E-state index contributed by atoms with van der Waals surface area (Å²) in [4.78, 5) is 18.0. The van der Waals surface area contributed by atoms with E-state index in [1.807, 2.05) is 37.5 Å². The summed E-state index contributed by atoms with van der Waals surface area (Å²) >= 11 is 12.8. The maximum atomic E-state index is 14.2. The van der Waals surface area contributed by atoms with Gasteiger partial charge < -0.3 is 4.74 Å². The first kappa shape index (κ1) is 27.3. The number of H-pyrrole nitrogens is 1. The van der Waals surface area contributed by atoms with Gasteiger partial charge in [-0.3, -0.25) is 9.36 Å². The molecule has 8 nitrogen and oxygen atoms in total. The standard InChI is InChI=1S/C28H29Cl2FN6O2/c1-28(2,3)39-23(38)14-17-9-11-19(29)15-22(17)37-25(18-10-12-21(31)20(30)13-18)24(26-33-35-36-34-26)32-27(37)16-7-5-4-6-8-16/h9-13,15-16H,4-8,14H2,1-3H3,(H,33,34,35,36). The molecule has 0 bridgehead atoms. The second kappa shape index (κ2) is 11.1. The van der Waals surface area contributed by atoms with Gasteiger partial charge in [0.1, 0.15) is 22.9 Å². The van der Waals surface area contributed by atoms with Crippen LogP contribution in [0.4, 0.5) is 4.39 Å². The summed E-state index contributed by atoms with van der Waals surface area (Å²) in [5.41, 5.74) is 2.43. The number of hydrogen-bond acceptors (Lipinski definition) is 6. The highest BCUT2D eigenvalue weighted by Crippen LogP contribution is 2.42. The lowest BCUT2D eigenvalue weighted by molar-refractivity contribution is -0.153. The molecule has 0 atom stereocenters. The largest absolute Gasteiger partial charge is 0.460 e. The number of imidazole rings is 1. The SMILES string of the molecule is CC(C)(C)OC(=O)Cc1ccc(Cl)cc1-n1c(C2CCCCC2)nc(-c2nn[nH]n2)c1-c1ccc(F)c(Cl)c1. The van der Waals surface area contributed by atoms with Gasteiger partial charge in [0.25, 0.3) is 0 Å². The van der Waals surface area contributed by atoms with E-state index in [2.05, 4.69) is 20.6 Å². The van der Waals surface area contributed by atoms with Gasteiger partial charge in [-0.1, -0.05) is 48.5 Å². The molecule has 1 aliphatic rings. The van der Waals surface area contributed by atoms with Gasteiger partial charge in [-0.15, -0.1) is 10.2 Å². The van der Waals surface area contributed by atoms with E-state index < -0.39 is 11.4 Å². The van der Waals surface area contributed by atoms with E-state index in [9.17, 15) is 9.18 Å². The monoisotopic (exact) mass is 570 g/mol. The van der Waals surface area contributed by atoms with Crippen molar-refractivity contribution in [2.75, 3.05) is 0 Å². The molecule has 204 valence electrons. The zero-order valence-electron chi connectivity index (χ0n) is 22.0. The number of carbonyl (C=O) groups excluding carboxylic acids is 1. The molecular formula is C28H29Cl2FN6O2. The van der Waals surface area contributed by atoms with E-state index in [1.165, 1.54) is 6.07 Å². The Labute approximate surface area is 235 Å². The Morgan fingerprint density at radius 3 is 2.56 bits per heavy atom. The Kier molecular flexibility index (Phi) is 7.73. The van der Waals surface area contributed by atoms with Crippen LogP contribution in [0.5, 0.6) is 0 Å². The molecule has 0 spiro atoms. The van der Waals surface area contributed by atoms with Gasteiger partial charge in [-0.25, -0.2) is 9.37 Å². The summed E-state index contributed by atoms with van der Waals surface area (Å²) in [7, 11) is 0. The molecule has 1 N–H and O–H groups in total. The summed E-state index contributed by atoms with van der Waals surface area (Å²) < 4.78 is 21.9. The maximum absolute atomic E-state index is 14.2. The van der Waals surface area contributed by atoms with E-state index in [4.69, 9.17) is 32.9 Å². The number of benzene rings is 2. The lowest BCUT2D eigenvalue weighted by atomic mass is 9.88. The smallest absolute Gasteiger partial charge is 0.310 e. The number of nitrogens with zero attached hydrogens (tertiary/aromatic N) is 5. The van der Waals surface area contributed by atoms with Crippen LogP contribution in [0.2, 0.25) is 10.0 Å². The molecule has 2 aromatic carbocycles. The Bertz CT molecular complexity index is 1490. The zero-order chi connectivity index (χ0) is 27.7. The molecule has 0 amide bonds. The van der Waals surface area contributed by atoms with Crippen molar-refractivity contribution >= 4 is 29.2 Å². The minimum atomic E-state index is -0.631. The number of carbonyl (C=O) groups is 1. The highest BCUT2D eigenvalue weighted by atomic mass is 35.5. The summed E-state index contributed by atoms with van der Waals surface area (Å²) in [6, 6.07) is 9.88. The van der Waals surface area contributed by atoms with Crippen molar-refractivity contribution in [2.24, 2.45) is 0 Å². The first-order valence-electron chi connectivity index (χ1n) is 12.9. The normalized spacial score (nSPS) is 14.5. The topological polar surface area (TPSA) is 98.6 Å². The van der Waals surface area contributed by atoms with Crippen molar-refractivity contribution in [2.45, 2.75) is 70.8 Å². The number of halogens is 3. The summed E-state index contributed by atoms with van der Waals surface area (Å²) in [5, 5.41) is 15.1. The van der Waals surface area contributed by atoms with Crippen molar-refractivity contribution in [1.29, 1.82) is 0 Å². The van der Waals surface area contributed by atoms with E-state index in [0.717, 1.165) is 37.9 Å². The van der Waals surface area contributed by atoms with Crippen molar-refractivity contribution in [3.8, 4) is 28.5 Å². The number of rotatable bonds is 6. The van der Waals surface area contributed by atoms with Crippen LogP contribution in [0.15, 0.2) is 36.4 Å². The number of aromatic nitrogens is 6.